The van der Waals surface area contributed by atoms with Gasteiger partial charge in [-0.05, 0) is 63.6 Å². The van der Waals surface area contributed by atoms with Crippen molar-refractivity contribution in [3.8, 4) is 0 Å². The number of aliphatic hydroxyl groups is 1. The summed E-state index contributed by atoms with van der Waals surface area (Å²) in [6, 6.07) is 0.587. The molecule has 0 aromatic carbocycles. The highest BCUT2D eigenvalue weighted by molar-refractivity contribution is 5.00. The average Bonchev–Trinajstić information content (AvgIpc) is 2.29. The predicted molar refractivity (Wildman–Crippen MR) is 80.3 cm³/mol. The third kappa shape index (κ3) is 3.93. The van der Waals surface area contributed by atoms with Gasteiger partial charge in [-0.2, -0.15) is 0 Å². The normalized spacial score (nSPS) is 37.4. The summed E-state index contributed by atoms with van der Waals surface area (Å²) >= 11 is 0. The van der Waals surface area contributed by atoms with E-state index < -0.39 is 0 Å². The smallest absolute Gasteiger partial charge is 0.0613 e. The maximum Gasteiger partial charge on any atom is 0.0613 e. The van der Waals surface area contributed by atoms with Crippen molar-refractivity contribution in [2.45, 2.75) is 64.5 Å². The fraction of sp³-hybridized carbons (Fsp3) is 1.00. The summed E-state index contributed by atoms with van der Waals surface area (Å²) in [5.41, 5.74) is 0.306. The fourth-order valence-electron chi connectivity index (χ4n) is 4.60. The molecule has 2 N–H and O–H groups in total. The van der Waals surface area contributed by atoms with Crippen molar-refractivity contribution in [3.63, 3.8) is 0 Å². The van der Waals surface area contributed by atoms with Crippen molar-refractivity contribution in [1.82, 2.24) is 10.2 Å². The first kappa shape index (κ1) is 15.3. The minimum Gasteiger partial charge on any atom is -0.394 e. The Morgan fingerprint density at radius 1 is 1.21 bits per heavy atom. The van der Waals surface area contributed by atoms with Crippen LogP contribution in [0.3, 0.4) is 0 Å². The molecule has 0 amide bonds. The Morgan fingerprint density at radius 3 is 2.37 bits per heavy atom. The Labute approximate surface area is 118 Å². The van der Waals surface area contributed by atoms with Gasteiger partial charge in [-0.25, -0.2) is 0 Å². The largest absolute Gasteiger partial charge is 0.394 e. The second-order valence-electron chi connectivity index (χ2n) is 8.01. The zero-order valence-corrected chi connectivity index (χ0v) is 13.2. The van der Waals surface area contributed by atoms with Crippen LogP contribution in [0.4, 0.5) is 0 Å². The molecule has 0 unspecified atom stereocenters. The van der Waals surface area contributed by atoms with E-state index in [1.165, 1.54) is 32.4 Å². The molecule has 19 heavy (non-hydrogen) atoms. The van der Waals surface area contributed by atoms with Crippen molar-refractivity contribution >= 4 is 0 Å². The van der Waals surface area contributed by atoms with Gasteiger partial charge in [0.25, 0.3) is 0 Å². The minimum atomic E-state index is -0.0399. The number of likely N-dealkylation sites (tertiary alicyclic amines) is 1. The van der Waals surface area contributed by atoms with E-state index in [0.717, 1.165) is 12.8 Å². The number of hydrogen-bond acceptors (Lipinski definition) is 3. The molecule has 0 aromatic heterocycles. The summed E-state index contributed by atoms with van der Waals surface area (Å²) in [5, 5.41) is 13.9. The summed E-state index contributed by atoms with van der Waals surface area (Å²) in [6.07, 6.45) is 5.94. The van der Waals surface area contributed by atoms with Crippen molar-refractivity contribution < 1.29 is 5.11 Å². The summed E-state index contributed by atoms with van der Waals surface area (Å²) in [4.78, 5) is 2.40. The van der Waals surface area contributed by atoms with E-state index in [1.807, 2.05) is 0 Å². The summed E-state index contributed by atoms with van der Waals surface area (Å²) in [5.74, 6) is 0.703. The van der Waals surface area contributed by atoms with Crippen LogP contribution < -0.4 is 5.32 Å². The highest BCUT2D eigenvalue weighted by Gasteiger charge is 2.43. The zero-order chi connectivity index (χ0) is 14.1. The number of nitrogens with zero attached hydrogens (tertiary/aromatic N) is 1. The number of piperidine rings is 1. The molecule has 2 rings (SSSR count). The maximum absolute atomic E-state index is 10.0. The van der Waals surface area contributed by atoms with Gasteiger partial charge in [0, 0.05) is 11.6 Å². The zero-order valence-electron chi connectivity index (χ0n) is 13.2. The second kappa shape index (κ2) is 5.71. The Bertz CT molecular complexity index is 297. The lowest BCUT2D eigenvalue weighted by Crippen LogP contribution is -2.59. The van der Waals surface area contributed by atoms with Crippen LogP contribution in [0, 0.1) is 11.3 Å². The maximum atomic E-state index is 10.0. The lowest BCUT2D eigenvalue weighted by atomic mass is 9.64. The highest BCUT2D eigenvalue weighted by atomic mass is 16.3. The molecule has 0 spiro atoms. The molecule has 1 saturated carbocycles. The van der Waals surface area contributed by atoms with Crippen LogP contribution in [-0.4, -0.2) is 48.3 Å². The lowest BCUT2D eigenvalue weighted by Gasteiger charge is -2.49. The molecule has 0 radical (unpaired) electrons. The molecule has 1 aliphatic carbocycles. The number of hydrogen-bond donors (Lipinski definition) is 2. The first-order valence-electron chi connectivity index (χ1n) is 7.91. The quantitative estimate of drug-likeness (QED) is 0.824. The SMILES string of the molecule is C[C@@H]1CC(C)(C)C[C@@](CO)(NC2CCN(C)CC2)C1. The van der Waals surface area contributed by atoms with E-state index in [-0.39, 0.29) is 12.1 Å². The van der Waals surface area contributed by atoms with Gasteiger partial charge in [0.2, 0.25) is 0 Å². The monoisotopic (exact) mass is 268 g/mol. The molecule has 0 aromatic rings. The Hall–Kier alpha value is -0.120. The molecular weight excluding hydrogens is 236 g/mol. The van der Waals surface area contributed by atoms with E-state index in [0.29, 0.717) is 17.4 Å². The average molecular weight is 268 g/mol. The van der Waals surface area contributed by atoms with Gasteiger partial charge in [-0.3, -0.25) is 0 Å². The van der Waals surface area contributed by atoms with Gasteiger partial charge in [0.15, 0.2) is 0 Å². The van der Waals surface area contributed by atoms with Crippen LogP contribution in [0.5, 0.6) is 0 Å². The van der Waals surface area contributed by atoms with Crippen LogP contribution in [0.15, 0.2) is 0 Å². The van der Waals surface area contributed by atoms with Crippen LogP contribution in [-0.2, 0) is 0 Å². The minimum absolute atomic E-state index is 0.0399. The predicted octanol–water partition coefficient (Wildman–Crippen LogP) is 2.25. The van der Waals surface area contributed by atoms with Crippen molar-refractivity contribution in [3.05, 3.63) is 0 Å². The molecule has 1 aliphatic heterocycles. The van der Waals surface area contributed by atoms with E-state index in [2.05, 4.69) is 38.0 Å². The molecule has 112 valence electrons. The summed E-state index contributed by atoms with van der Waals surface area (Å²) in [6.45, 7) is 9.68. The van der Waals surface area contributed by atoms with Crippen molar-refractivity contribution in [1.29, 1.82) is 0 Å². The molecule has 2 fully saturated rings. The Morgan fingerprint density at radius 2 is 1.84 bits per heavy atom. The summed E-state index contributed by atoms with van der Waals surface area (Å²) < 4.78 is 0. The van der Waals surface area contributed by atoms with E-state index >= 15 is 0 Å². The molecule has 3 heteroatoms. The van der Waals surface area contributed by atoms with E-state index in [9.17, 15) is 5.11 Å². The van der Waals surface area contributed by atoms with Gasteiger partial charge in [-0.1, -0.05) is 20.8 Å². The molecule has 1 heterocycles. The molecule has 2 atom stereocenters. The highest BCUT2D eigenvalue weighted by Crippen LogP contribution is 2.44. The van der Waals surface area contributed by atoms with Gasteiger partial charge in [0.05, 0.1) is 6.61 Å². The van der Waals surface area contributed by atoms with Gasteiger partial charge < -0.3 is 15.3 Å². The molecule has 3 nitrogen and oxygen atoms in total. The van der Waals surface area contributed by atoms with Crippen LogP contribution in [0.1, 0.15) is 52.9 Å². The van der Waals surface area contributed by atoms with Gasteiger partial charge in [0.1, 0.15) is 0 Å². The topological polar surface area (TPSA) is 35.5 Å². The van der Waals surface area contributed by atoms with E-state index in [1.54, 1.807) is 0 Å². The third-order valence-electron chi connectivity index (χ3n) is 4.99. The molecular formula is C16H32N2O. The lowest BCUT2D eigenvalue weighted by molar-refractivity contribution is 0.0225. The van der Waals surface area contributed by atoms with Crippen molar-refractivity contribution in [2.75, 3.05) is 26.7 Å². The molecule has 1 saturated heterocycles. The Balaban J connectivity index is 2.01. The van der Waals surface area contributed by atoms with Crippen LogP contribution in [0.25, 0.3) is 0 Å². The standard InChI is InChI=1S/C16H32N2O/c1-13-9-15(2,3)11-16(10-13,12-19)17-14-5-7-18(4)8-6-14/h13-14,17,19H,5-12H2,1-4H3/t13-,16+/m1/s1. The van der Waals surface area contributed by atoms with Crippen molar-refractivity contribution in [2.24, 2.45) is 11.3 Å². The van der Waals surface area contributed by atoms with Gasteiger partial charge in [-0.15, -0.1) is 0 Å². The fourth-order valence-corrected chi connectivity index (χ4v) is 4.60. The first-order valence-corrected chi connectivity index (χ1v) is 7.91. The number of rotatable bonds is 3. The molecule has 0 bridgehead atoms. The summed E-state index contributed by atoms with van der Waals surface area (Å²) in [7, 11) is 2.20. The van der Waals surface area contributed by atoms with Crippen LogP contribution >= 0.6 is 0 Å². The van der Waals surface area contributed by atoms with E-state index in [4.69, 9.17) is 0 Å². The second-order valence-corrected chi connectivity index (χ2v) is 8.01. The third-order valence-corrected chi connectivity index (χ3v) is 4.99. The molecule has 2 aliphatic rings. The Kier molecular flexibility index (Phi) is 4.59. The number of aliphatic hydroxyl groups excluding tert-OH is 1. The van der Waals surface area contributed by atoms with Gasteiger partial charge >= 0.3 is 0 Å². The number of nitrogens with one attached hydrogen (secondary N) is 1. The first-order chi connectivity index (χ1) is 8.84. The van der Waals surface area contributed by atoms with Crippen LogP contribution in [0.2, 0.25) is 0 Å².